The van der Waals surface area contributed by atoms with Crippen molar-refractivity contribution >= 4 is 33.3 Å². The predicted octanol–water partition coefficient (Wildman–Crippen LogP) is 4.20. The number of fused-ring (bicyclic) bond motifs is 2. The van der Waals surface area contributed by atoms with E-state index in [1.165, 1.54) is 11.3 Å². The van der Waals surface area contributed by atoms with E-state index in [2.05, 4.69) is 4.98 Å². The predicted molar refractivity (Wildman–Crippen MR) is 117 cm³/mol. The van der Waals surface area contributed by atoms with Gasteiger partial charge in [0.2, 0.25) is 0 Å². The Labute approximate surface area is 178 Å². The van der Waals surface area contributed by atoms with Gasteiger partial charge in [-0.15, -0.1) is 11.3 Å². The Hall–Kier alpha value is -2.80. The highest BCUT2D eigenvalue weighted by Gasteiger charge is 2.24. The Bertz CT molecular complexity index is 1280. The van der Waals surface area contributed by atoms with Crippen LogP contribution in [0.5, 0.6) is 0 Å². The van der Waals surface area contributed by atoms with Crippen molar-refractivity contribution in [2.45, 2.75) is 60.6 Å². The summed E-state index contributed by atoms with van der Waals surface area (Å²) >= 11 is 1.21. The summed E-state index contributed by atoms with van der Waals surface area (Å²) in [6.45, 7) is 9.82. The third-order valence-electron chi connectivity index (χ3n) is 5.93. The number of benzene rings is 1. The zero-order chi connectivity index (χ0) is 21.7. The van der Waals surface area contributed by atoms with E-state index in [0.717, 1.165) is 40.9 Å². The molecule has 1 aliphatic rings. The van der Waals surface area contributed by atoms with Crippen LogP contribution in [0.4, 0.5) is 0 Å². The summed E-state index contributed by atoms with van der Waals surface area (Å²) in [5.41, 5.74) is 4.82. The van der Waals surface area contributed by atoms with Crippen molar-refractivity contribution in [3.8, 4) is 0 Å². The Morgan fingerprint density at radius 1 is 1.17 bits per heavy atom. The van der Waals surface area contributed by atoms with Crippen LogP contribution in [0.25, 0.3) is 10.2 Å². The normalized spacial score (nSPS) is 13.0. The van der Waals surface area contributed by atoms with Crippen LogP contribution in [0.2, 0.25) is 0 Å². The summed E-state index contributed by atoms with van der Waals surface area (Å²) in [5.74, 6) is 0.317. The summed E-state index contributed by atoms with van der Waals surface area (Å²) in [7, 11) is 0. The van der Waals surface area contributed by atoms with E-state index in [1.807, 2.05) is 26.8 Å². The van der Waals surface area contributed by atoms with Gasteiger partial charge >= 0.3 is 5.97 Å². The molecule has 0 radical (unpaired) electrons. The molecular weight excluding hydrogens is 400 g/mol. The molecule has 0 amide bonds. The first kappa shape index (κ1) is 20.5. The van der Waals surface area contributed by atoms with E-state index in [-0.39, 0.29) is 17.9 Å². The molecular formula is C23H24N2O4S. The Kier molecular flexibility index (Phi) is 5.10. The van der Waals surface area contributed by atoms with Gasteiger partial charge in [0.15, 0.2) is 5.78 Å². The molecule has 3 aromatic rings. The molecule has 0 aliphatic carbocycles. The monoisotopic (exact) mass is 424 g/mol. The minimum Gasteiger partial charge on any atom is -0.457 e. The summed E-state index contributed by atoms with van der Waals surface area (Å²) in [6.07, 6.45) is 1.71. The van der Waals surface area contributed by atoms with Gasteiger partial charge in [0.25, 0.3) is 5.56 Å². The summed E-state index contributed by atoms with van der Waals surface area (Å²) < 4.78 is 7.33. The highest BCUT2D eigenvalue weighted by Crippen LogP contribution is 2.30. The number of hydrogen-bond donors (Lipinski definition) is 0. The molecule has 0 fully saturated rings. The SMILES string of the molecule is CC(=O)c1c(C)cc(C)c(COC(=O)c2sc3nc4n(c(=O)c3c2C)CCC4)c1C. The van der Waals surface area contributed by atoms with E-state index in [4.69, 9.17) is 4.74 Å². The first-order chi connectivity index (χ1) is 14.2. The number of ether oxygens (including phenoxy) is 1. The van der Waals surface area contributed by atoms with Crippen molar-refractivity contribution in [3.05, 3.63) is 60.5 Å². The molecule has 1 aromatic carbocycles. The van der Waals surface area contributed by atoms with Crippen LogP contribution >= 0.6 is 11.3 Å². The van der Waals surface area contributed by atoms with Crippen molar-refractivity contribution in [1.29, 1.82) is 0 Å². The molecule has 0 saturated carbocycles. The summed E-state index contributed by atoms with van der Waals surface area (Å²) in [5, 5.41) is 0.513. The highest BCUT2D eigenvalue weighted by atomic mass is 32.1. The molecule has 3 heterocycles. The lowest BCUT2D eigenvalue weighted by Gasteiger charge is -2.16. The molecule has 0 unspecified atom stereocenters. The van der Waals surface area contributed by atoms with E-state index < -0.39 is 5.97 Å². The van der Waals surface area contributed by atoms with Crippen molar-refractivity contribution in [2.24, 2.45) is 0 Å². The molecule has 1 aliphatic heterocycles. The van der Waals surface area contributed by atoms with Gasteiger partial charge in [-0.1, -0.05) is 6.07 Å². The topological polar surface area (TPSA) is 78.3 Å². The Morgan fingerprint density at radius 3 is 2.60 bits per heavy atom. The fourth-order valence-corrected chi connectivity index (χ4v) is 5.55. The molecule has 7 heteroatoms. The summed E-state index contributed by atoms with van der Waals surface area (Å²) in [4.78, 5) is 43.3. The minimum atomic E-state index is -0.469. The maximum absolute atomic E-state index is 12.9. The molecule has 156 valence electrons. The fourth-order valence-electron chi connectivity index (χ4n) is 4.46. The van der Waals surface area contributed by atoms with E-state index in [9.17, 15) is 14.4 Å². The fraction of sp³-hybridized carbons (Fsp3) is 0.391. The zero-order valence-corrected chi connectivity index (χ0v) is 18.7. The van der Waals surface area contributed by atoms with Gasteiger partial charge in [0, 0.05) is 18.5 Å². The molecule has 30 heavy (non-hydrogen) atoms. The number of carbonyl (C=O) groups is 2. The molecule has 6 nitrogen and oxygen atoms in total. The first-order valence-electron chi connectivity index (χ1n) is 10.0. The van der Waals surface area contributed by atoms with Crippen molar-refractivity contribution < 1.29 is 14.3 Å². The van der Waals surface area contributed by atoms with Crippen LogP contribution in [0.3, 0.4) is 0 Å². The van der Waals surface area contributed by atoms with Crippen LogP contribution in [-0.4, -0.2) is 21.3 Å². The molecule has 0 atom stereocenters. The smallest absolute Gasteiger partial charge is 0.349 e. The van der Waals surface area contributed by atoms with Crippen LogP contribution in [0, 0.1) is 27.7 Å². The minimum absolute atomic E-state index is 0.00229. The maximum atomic E-state index is 12.9. The largest absolute Gasteiger partial charge is 0.457 e. The highest BCUT2D eigenvalue weighted by molar-refractivity contribution is 7.20. The molecule has 0 N–H and O–H groups in total. The van der Waals surface area contributed by atoms with Gasteiger partial charge in [-0.25, -0.2) is 9.78 Å². The number of ketones is 1. The van der Waals surface area contributed by atoms with Gasteiger partial charge in [-0.3, -0.25) is 14.2 Å². The van der Waals surface area contributed by atoms with Gasteiger partial charge in [-0.05, 0) is 68.9 Å². The lowest BCUT2D eigenvalue weighted by molar-refractivity contribution is 0.0476. The Balaban J connectivity index is 1.66. The van der Waals surface area contributed by atoms with Gasteiger partial charge in [-0.2, -0.15) is 0 Å². The molecule has 4 rings (SSSR count). The maximum Gasteiger partial charge on any atom is 0.349 e. The number of carbonyl (C=O) groups excluding carboxylic acids is 2. The van der Waals surface area contributed by atoms with Gasteiger partial charge < -0.3 is 4.74 Å². The van der Waals surface area contributed by atoms with E-state index in [1.54, 1.807) is 18.4 Å². The second-order valence-corrected chi connectivity index (χ2v) is 8.95. The summed E-state index contributed by atoms with van der Waals surface area (Å²) in [6, 6.07) is 1.95. The van der Waals surface area contributed by atoms with Crippen LogP contribution in [0.1, 0.15) is 67.0 Å². The zero-order valence-electron chi connectivity index (χ0n) is 17.8. The molecule has 0 bridgehead atoms. The number of aromatic nitrogens is 2. The molecule has 0 saturated heterocycles. The number of aryl methyl sites for hydroxylation is 4. The van der Waals surface area contributed by atoms with E-state index >= 15 is 0 Å². The van der Waals surface area contributed by atoms with Crippen molar-refractivity contribution in [1.82, 2.24) is 9.55 Å². The number of Topliss-reactive ketones (excluding diaryl/α,β-unsaturated/α-hetero) is 1. The third kappa shape index (κ3) is 3.17. The van der Waals surface area contributed by atoms with E-state index in [0.29, 0.717) is 32.8 Å². The molecule has 0 spiro atoms. The second-order valence-electron chi connectivity index (χ2n) is 7.95. The third-order valence-corrected chi connectivity index (χ3v) is 7.09. The number of esters is 1. The average Bonchev–Trinajstić information content (AvgIpc) is 3.26. The van der Waals surface area contributed by atoms with Crippen LogP contribution in [-0.2, 0) is 24.3 Å². The standard InChI is InChI=1S/C23H24N2O4S/c1-11-9-12(2)18(15(5)26)13(3)16(11)10-29-23(28)20-14(4)19-21(30-20)24-17-7-6-8-25(17)22(19)27/h9H,6-8,10H2,1-5H3. The first-order valence-corrected chi connectivity index (χ1v) is 10.8. The second kappa shape index (κ2) is 7.47. The average molecular weight is 425 g/mol. The van der Waals surface area contributed by atoms with Crippen molar-refractivity contribution in [3.63, 3.8) is 0 Å². The number of nitrogens with zero attached hydrogens (tertiary/aromatic N) is 2. The lowest BCUT2D eigenvalue weighted by Crippen LogP contribution is -2.20. The van der Waals surface area contributed by atoms with Crippen molar-refractivity contribution in [2.75, 3.05) is 0 Å². The number of rotatable bonds is 4. The van der Waals surface area contributed by atoms with Crippen LogP contribution in [0.15, 0.2) is 10.9 Å². The van der Waals surface area contributed by atoms with Crippen LogP contribution < -0.4 is 5.56 Å². The van der Waals surface area contributed by atoms with Gasteiger partial charge in [0.05, 0.1) is 5.39 Å². The number of hydrogen-bond acceptors (Lipinski definition) is 6. The number of thiophene rings is 1. The quantitative estimate of drug-likeness (QED) is 0.463. The Morgan fingerprint density at radius 2 is 1.90 bits per heavy atom. The lowest BCUT2D eigenvalue weighted by atomic mass is 9.92. The van der Waals surface area contributed by atoms with Gasteiger partial charge in [0.1, 0.15) is 22.1 Å². The molecule has 2 aromatic heterocycles.